The second kappa shape index (κ2) is 14.7. The molecular weight excluding hydrogens is 605 g/mol. The van der Waals surface area contributed by atoms with E-state index in [0.717, 1.165) is 42.1 Å². The first kappa shape index (κ1) is 32.2. The third kappa shape index (κ3) is 8.12. The summed E-state index contributed by atoms with van der Waals surface area (Å²) in [5.41, 5.74) is 2.71. The normalized spacial score (nSPS) is 19.4. The number of ether oxygens (including phenoxy) is 1. The number of nitrogens with one attached hydrogen (secondary N) is 3. The highest BCUT2D eigenvalue weighted by atomic mass is 32.2. The summed E-state index contributed by atoms with van der Waals surface area (Å²) in [7, 11) is 0. The van der Waals surface area contributed by atoms with Gasteiger partial charge in [0.15, 0.2) is 0 Å². The Bertz CT molecular complexity index is 1620. The lowest BCUT2D eigenvalue weighted by Gasteiger charge is -2.26. The maximum atomic E-state index is 13.5. The molecule has 2 saturated heterocycles. The van der Waals surface area contributed by atoms with Crippen molar-refractivity contribution in [3.63, 3.8) is 0 Å². The second-order valence-corrected chi connectivity index (χ2v) is 13.2. The largest absolute Gasteiger partial charge is 0.381 e. The molecule has 3 fully saturated rings. The predicted octanol–water partition coefficient (Wildman–Crippen LogP) is 5.17. The minimum absolute atomic E-state index is 0.131. The molecule has 2 atom stereocenters. The van der Waals surface area contributed by atoms with Gasteiger partial charge in [0, 0.05) is 36.1 Å². The third-order valence-corrected chi connectivity index (χ3v) is 9.72. The molecule has 3 aliphatic rings. The van der Waals surface area contributed by atoms with E-state index in [1.54, 1.807) is 22.9 Å². The molecule has 0 bridgehead atoms. The fourth-order valence-corrected chi connectivity index (χ4v) is 6.81. The molecule has 3 amide bonds. The highest BCUT2D eigenvalue weighted by Crippen LogP contribution is 2.33. The molecule has 46 heavy (non-hydrogen) atoms. The minimum atomic E-state index is -0.607. The third-order valence-electron chi connectivity index (χ3n) is 8.78. The number of halogens is 1. The van der Waals surface area contributed by atoms with Crippen LogP contribution >= 0.6 is 11.9 Å². The maximum Gasteiger partial charge on any atom is 0.270 e. The molecule has 1 aromatic heterocycles. The van der Waals surface area contributed by atoms with Crippen LogP contribution in [0.4, 0.5) is 4.39 Å². The number of pyridine rings is 1. The molecule has 1 saturated carbocycles. The molecule has 3 heterocycles. The Morgan fingerprint density at radius 3 is 2.70 bits per heavy atom. The molecule has 2 unspecified atom stereocenters. The number of allylic oxidation sites excluding steroid dienone is 1. The summed E-state index contributed by atoms with van der Waals surface area (Å²) < 4.78 is 22.5. The minimum Gasteiger partial charge on any atom is -0.381 e. The summed E-state index contributed by atoms with van der Waals surface area (Å²) in [5.74, 6) is -0.801. The van der Waals surface area contributed by atoms with Crippen LogP contribution < -0.4 is 15.4 Å². The van der Waals surface area contributed by atoms with E-state index in [4.69, 9.17) is 4.74 Å². The van der Waals surface area contributed by atoms with Gasteiger partial charge < -0.3 is 20.3 Å². The Labute approximate surface area is 272 Å². The van der Waals surface area contributed by atoms with Gasteiger partial charge in [-0.2, -0.15) is 0 Å². The number of likely N-dealkylation sites (tertiary alicyclic amines) is 1. The number of benzene rings is 2. The molecule has 242 valence electrons. The average molecular weight is 646 g/mol. The number of amides is 3. The van der Waals surface area contributed by atoms with E-state index in [1.807, 2.05) is 6.92 Å². The first-order valence-corrected chi connectivity index (χ1v) is 16.9. The fraction of sp³-hybridized carbons (Fsp3) is 0.429. The van der Waals surface area contributed by atoms with Crippen LogP contribution in [0.2, 0.25) is 0 Å². The van der Waals surface area contributed by atoms with Gasteiger partial charge in [0.25, 0.3) is 5.91 Å². The van der Waals surface area contributed by atoms with Crippen molar-refractivity contribution in [2.75, 3.05) is 26.3 Å². The first-order chi connectivity index (χ1) is 22.3. The number of carbonyl (C=O) groups excluding carboxylic acids is 3. The molecule has 6 rings (SSSR count). The van der Waals surface area contributed by atoms with Crippen molar-refractivity contribution in [1.29, 1.82) is 0 Å². The number of aromatic nitrogens is 1. The number of carbonyl (C=O) groups is 3. The van der Waals surface area contributed by atoms with E-state index < -0.39 is 11.9 Å². The molecular formula is C35H40FN5O4S. The Hall–Kier alpha value is -3.80. The zero-order valence-corrected chi connectivity index (χ0v) is 26.8. The van der Waals surface area contributed by atoms with E-state index in [0.29, 0.717) is 42.2 Å². The molecule has 2 aliphatic heterocycles. The molecule has 11 heteroatoms. The second-order valence-electron chi connectivity index (χ2n) is 12.3. The van der Waals surface area contributed by atoms with Crippen LogP contribution in [0.1, 0.15) is 73.1 Å². The summed E-state index contributed by atoms with van der Waals surface area (Å²) in [5, 5.41) is 6.36. The number of hydrogen-bond donors (Lipinski definition) is 3. The molecule has 3 aromatic rings. The lowest BCUT2D eigenvalue weighted by molar-refractivity contribution is -0.137. The molecule has 1 aliphatic carbocycles. The van der Waals surface area contributed by atoms with E-state index in [1.165, 1.54) is 37.1 Å². The van der Waals surface area contributed by atoms with Crippen molar-refractivity contribution in [2.45, 2.75) is 68.5 Å². The highest BCUT2D eigenvalue weighted by molar-refractivity contribution is 7.97. The Balaban J connectivity index is 1.06. The van der Waals surface area contributed by atoms with Crippen LogP contribution in [0.25, 0.3) is 17.0 Å². The zero-order valence-electron chi connectivity index (χ0n) is 26.0. The van der Waals surface area contributed by atoms with E-state index in [2.05, 4.69) is 50.7 Å². The van der Waals surface area contributed by atoms with Crippen LogP contribution in [0.15, 0.2) is 59.5 Å². The standard InChI is InChI=1S/C35H40FN5O4S/c1-22(29-11-10-28(20-24(29)7-6-23-4-5-23)46-40-27-14-17-45-18-15-27)38-35(44)32-3-2-16-41(32)33(42)21-37-34(43)31-12-8-25-19-26(36)9-13-30(25)39-31/h6-13,19-20,22-23,27,32,40H,2-5,14-18,21H2,1H3,(H,37,43)(H,38,44)/b7-6+. The van der Waals surface area contributed by atoms with Crippen molar-refractivity contribution in [1.82, 2.24) is 25.2 Å². The summed E-state index contributed by atoms with van der Waals surface area (Å²) >= 11 is 1.64. The molecule has 2 aromatic carbocycles. The average Bonchev–Trinajstić information content (AvgIpc) is 3.77. The monoisotopic (exact) mass is 645 g/mol. The van der Waals surface area contributed by atoms with Gasteiger partial charge in [-0.3, -0.25) is 19.1 Å². The Kier molecular flexibility index (Phi) is 10.3. The molecule has 0 radical (unpaired) electrons. The van der Waals surface area contributed by atoms with Gasteiger partial charge in [-0.1, -0.05) is 24.3 Å². The number of nitrogens with zero attached hydrogens (tertiary/aromatic N) is 2. The number of rotatable bonds is 11. The van der Waals surface area contributed by atoms with Gasteiger partial charge in [0.1, 0.15) is 17.6 Å². The summed E-state index contributed by atoms with van der Waals surface area (Å²) in [4.78, 5) is 46.4. The van der Waals surface area contributed by atoms with Crippen LogP contribution in [-0.4, -0.2) is 66.0 Å². The fourth-order valence-electron chi connectivity index (χ4n) is 5.95. The van der Waals surface area contributed by atoms with Crippen LogP contribution in [-0.2, 0) is 14.3 Å². The van der Waals surface area contributed by atoms with Crippen molar-refractivity contribution in [3.8, 4) is 0 Å². The SMILES string of the molecule is CC(NC(=O)C1CCCN1C(=O)CNC(=O)c1ccc2cc(F)ccc2n1)c1ccc(SNC2CCOCC2)cc1/C=C/C1CC1. The smallest absolute Gasteiger partial charge is 0.270 e. The van der Waals surface area contributed by atoms with Crippen LogP contribution in [0.3, 0.4) is 0 Å². The summed E-state index contributed by atoms with van der Waals surface area (Å²) in [6.07, 6.45) is 10.1. The molecule has 3 N–H and O–H groups in total. The van der Waals surface area contributed by atoms with Crippen molar-refractivity contribution >= 4 is 46.6 Å². The molecule has 0 spiro atoms. The lowest BCUT2D eigenvalue weighted by atomic mass is 10.00. The first-order valence-electron chi connectivity index (χ1n) is 16.1. The van der Waals surface area contributed by atoms with Crippen LogP contribution in [0.5, 0.6) is 0 Å². The van der Waals surface area contributed by atoms with Gasteiger partial charge in [0.2, 0.25) is 11.8 Å². The lowest BCUT2D eigenvalue weighted by Crippen LogP contribution is -2.49. The van der Waals surface area contributed by atoms with E-state index >= 15 is 0 Å². The maximum absolute atomic E-state index is 13.5. The van der Waals surface area contributed by atoms with Gasteiger partial charge in [-0.05, 0) is 111 Å². The highest BCUT2D eigenvalue weighted by Gasteiger charge is 2.35. The predicted molar refractivity (Wildman–Crippen MR) is 176 cm³/mol. The van der Waals surface area contributed by atoms with Gasteiger partial charge in [-0.15, -0.1) is 0 Å². The topological polar surface area (TPSA) is 113 Å². The van der Waals surface area contributed by atoms with Gasteiger partial charge in [0.05, 0.1) is 18.1 Å². The van der Waals surface area contributed by atoms with Crippen LogP contribution in [0, 0.1) is 11.7 Å². The van der Waals surface area contributed by atoms with Gasteiger partial charge in [-0.25, -0.2) is 9.37 Å². The van der Waals surface area contributed by atoms with Crippen molar-refractivity contribution in [2.24, 2.45) is 5.92 Å². The van der Waals surface area contributed by atoms with E-state index in [-0.39, 0.29) is 35.9 Å². The number of fused-ring (bicyclic) bond motifs is 1. The van der Waals surface area contributed by atoms with Crippen molar-refractivity contribution in [3.05, 3.63) is 77.2 Å². The Morgan fingerprint density at radius 1 is 1.07 bits per heavy atom. The van der Waals surface area contributed by atoms with E-state index in [9.17, 15) is 18.8 Å². The van der Waals surface area contributed by atoms with Gasteiger partial charge >= 0.3 is 0 Å². The summed E-state index contributed by atoms with van der Waals surface area (Å²) in [6, 6.07) is 13.1. The molecule has 9 nitrogen and oxygen atoms in total. The quantitative estimate of drug-likeness (QED) is 0.247. The zero-order chi connectivity index (χ0) is 32.0. The Morgan fingerprint density at radius 2 is 1.89 bits per heavy atom. The number of hydrogen-bond acceptors (Lipinski definition) is 7. The summed E-state index contributed by atoms with van der Waals surface area (Å²) in [6.45, 7) is 3.74. The van der Waals surface area contributed by atoms with Crippen molar-refractivity contribution < 1.29 is 23.5 Å².